The van der Waals surface area contributed by atoms with E-state index < -0.39 is 6.04 Å². The van der Waals surface area contributed by atoms with Gasteiger partial charge in [-0.2, -0.15) is 5.10 Å². The molecule has 0 aliphatic heterocycles. The van der Waals surface area contributed by atoms with E-state index in [0.29, 0.717) is 12.5 Å². The van der Waals surface area contributed by atoms with Crippen LogP contribution >= 0.6 is 24.8 Å². The zero-order chi connectivity index (χ0) is 17.6. The van der Waals surface area contributed by atoms with E-state index in [2.05, 4.69) is 18.9 Å². The summed E-state index contributed by atoms with van der Waals surface area (Å²) in [6, 6.07) is 1.41. The molecule has 2 amide bonds. The Balaban J connectivity index is 0. The molecule has 9 heteroatoms. The van der Waals surface area contributed by atoms with Crippen molar-refractivity contribution >= 4 is 36.6 Å². The molecular weight excluding hydrogens is 365 g/mol. The van der Waals surface area contributed by atoms with Crippen LogP contribution in [-0.2, 0) is 9.59 Å². The highest BCUT2D eigenvalue weighted by Crippen LogP contribution is 2.08. The highest BCUT2D eigenvalue weighted by atomic mass is 35.5. The average molecular weight is 396 g/mol. The Morgan fingerprint density at radius 3 is 2.24 bits per heavy atom. The Labute approximate surface area is 162 Å². The minimum atomic E-state index is -0.428. The molecule has 1 rings (SSSR count). The van der Waals surface area contributed by atoms with E-state index >= 15 is 0 Å². The largest absolute Gasteiger partial charge is 0.344 e. The fourth-order valence-electron chi connectivity index (χ4n) is 2.14. The molecule has 0 fully saturated rings. The van der Waals surface area contributed by atoms with E-state index in [4.69, 9.17) is 5.73 Å². The minimum absolute atomic E-state index is 0. The van der Waals surface area contributed by atoms with E-state index in [1.165, 1.54) is 4.90 Å². The Morgan fingerprint density at radius 2 is 1.76 bits per heavy atom. The highest BCUT2D eigenvalue weighted by Gasteiger charge is 2.22. The van der Waals surface area contributed by atoms with Crippen molar-refractivity contribution in [1.29, 1.82) is 0 Å². The first-order valence-corrected chi connectivity index (χ1v) is 7.97. The molecule has 0 saturated heterocycles. The third-order valence-electron chi connectivity index (χ3n) is 4.11. The number of halogens is 2. The van der Waals surface area contributed by atoms with E-state index in [-0.39, 0.29) is 49.2 Å². The number of amides is 2. The van der Waals surface area contributed by atoms with Crippen molar-refractivity contribution in [3.63, 3.8) is 0 Å². The van der Waals surface area contributed by atoms with Gasteiger partial charge in [0.05, 0.1) is 6.54 Å². The molecule has 2 unspecified atom stereocenters. The summed E-state index contributed by atoms with van der Waals surface area (Å²) in [5, 5.41) is 4.06. The van der Waals surface area contributed by atoms with E-state index in [1.54, 1.807) is 49.1 Å². The molecule has 1 aromatic heterocycles. The molecule has 0 aromatic carbocycles. The molecule has 1 heterocycles. The van der Waals surface area contributed by atoms with Crippen molar-refractivity contribution in [3.8, 4) is 0 Å². The second kappa shape index (κ2) is 12.1. The number of likely N-dealkylation sites (N-methyl/N-ethyl adjacent to an activating group) is 2. The van der Waals surface area contributed by atoms with Gasteiger partial charge < -0.3 is 15.5 Å². The lowest BCUT2D eigenvalue weighted by Gasteiger charge is -2.25. The quantitative estimate of drug-likeness (QED) is 0.723. The van der Waals surface area contributed by atoms with Crippen LogP contribution in [0.25, 0.3) is 0 Å². The topological polar surface area (TPSA) is 84.5 Å². The van der Waals surface area contributed by atoms with Crippen LogP contribution in [-0.4, -0.2) is 64.6 Å². The molecule has 7 nitrogen and oxygen atoms in total. The third kappa shape index (κ3) is 8.07. The SMILES string of the molecule is CC(C)C(N)CCN(C)C(=O)CN(C)C(=O)C(C)n1cccn1.Cl.Cl. The molecule has 1 aromatic rings. The standard InChI is InChI=1S/C16H29N5O2.2ClH/c1-12(2)14(17)7-10-19(4)15(22)11-20(5)16(23)13(3)21-9-6-8-18-21;;/h6,8-9,12-14H,7,10-11,17H2,1-5H3;2*1H. The van der Waals surface area contributed by atoms with Gasteiger partial charge in [-0.3, -0.25) is 14.3 Å². The van der Waals surface area contributed by atoms with Gasteiger partial charge in [-0.1, -0.05) is 13.8 Å². The Hall–Kier alpha value is -1.31. The van der Waals surface area contributed by atoms with Crippen LogP contribution in [0.1, 0.15) is 33.2 Å². The van der Waals surface area contributed by atoms with Gasteiger partial charge in [0.2, 0.25) is 11.8 Å². The lowest BCUT2D eigenvalue weighted by Crippen LogP contribution is -2.43. The first-order valence-electron chi connectivity index (χ1n) is 7.97. The van der Waals surface area contributed by atoms with Crippen LogP contribution in [0.4, 0.5) is 0 Å². The summed E-state index contributed by atoms with van der Waals surface area (Å²) in [6.45, 7) is 6.54. The number of hydrogen-bond donors (Lipinski definition) is 1. The molecule has 0 spiro atoms. The second-order valence-electron chi connectivity index (χ2n) is 6.37. The predicted octanol–water partition coefficient (Wildman–Crippen LogP) is 1.58. The zero-order valence-corrected chi connectivity index (χ0v) is 17.2. The highest BCUT2D eigenvalue weighted by molar-refractivity contribution is 5.86. The van der Waals surface area contributed by atoms with Crippen molar-refractivity contribution in [2.45, 2.75) is 39.3 Å². The molecular formula is C16H31Cl2N5O2. The van der Waals surface area contributed by atoms with Gasteiger partial charge in [-0.15, -0.1) is 24.8 Å². The van der Waals surface area contributed by atoms with Gasteiger partial charge in [-0.05, 0) is 25.3 Å². The number of carbonyl (C=O) groups is 2. The summed E-state index contributed by atoms with van der Waals surface area (Å²) < 4.78 is 1.58. The van der Waals surface area contributed by atoms with Crippen LogP contribution in [0, 0.1) is 5.92 Å². The van der Waals surface area contributed by atoms with Crippen LogP contribution in [0.3, 0.4) is 0 Å². The maximum atomic E-state index is 12.3. The summed E-state index contributed by atoms with van der Waals surface area (Å²) in [5.74, 6) is 0.150. The zero-order valence-electron chi connectivity index (χ0n) is 15.6. The van der Waals surface area contributed by atoms with Gasteiger partial charge >= 0.3 is 0 Å². The monoisotopic (exact) mass is 395 g/mol. The average Bonchev–Trinajstić information content (AvgIpc) is 3.04. The van der Waals surface area contributed by atoms with E-state index in [0.717, 1.165) is 6.42 Å². The van der Waals surface area contributed by atoms with E-state index in [9.17, 15) is 9.59 Å². The lowest BCUT2D eigenvalue weighted by molar-refractivity contribution is -0.140. The van der Waals surface area contributed by atoms with Crippen molar-refractivity contribution < 1.29 is 9.59 Å². The fourth-order valence-corrected chi connectivity index (χ4v) is 2.14. The fraction of sp³-hybridized carbons (Fsp3) is 0.688. The molecule has 0 saturated carbocycles. The van der Waals surface area contributed by atoms with Gasteiger partial charge in [0.1, 0.15) is 6.04 Å². The van der Waals surface area contributed by atoms with Gasteiger partial charge in [0.15, 0.2) is 0 Å². The summed E-state index contributed by atoms with van der Waals surface area (Å²) in [4.78, 5) is 27.6. The van der Waals surface area contributed by atoms with Crippen molar-refractivity contribution in [2.24, 2.45) is 11.7 Å². The molecule has 2 atom stereocenters. The molecule has 0 aliphatic rings. The molecule has 0 radical (unpaired) electrons. The van der Waals surface area contributed by atoms with E-state index in [1.807, 2.05) is 0 Å². The maximum absolute atomic E-state index is 12.3. The Morgan fingerprint density at radius 1 is 1.16 bits per heavy atom. The van der Waals surface area contributed by atoms with Gasteiger partial charge in [0, 0.05) is 39.1 Å². The minimum Gasteiger partial charge on any atom is -0.344 e. The summed E-state index contributed by atoms with van der Waals surface area (Å²) in [7, 11) is 3.37. The van der Waals surface area contributed by atoms with Crippen LogP contribution < -0.4 is 5.73 Å². The molecule has 146 valence electrons. The smallest absolute Gasteiger partial charge is 0.247 e. The second-order valence-corrected chi connectivity index (χ2v) is 6.37. The Bertz CT molecular complexity index is 511. The third-order valence-corrected chi connectivity index (χ3v) is 4.11. The molecule has 0 bridgehead atoms. The molecule has 2 N–H and O–H groups in total. The summed E-state index contributed by atoms with van der Waals surface area (Å²) >= 11 is 0. The van der Waals surface area contributed by atoms with Crippen molar-refractivity contribution in [3.05, 3.63) is 18.5 Å². The summed E-state index contributed by atoms with van der Waals surface area (Å²) in [5.41, 5.74) is 6.00. The number of carbonyl (C=O) groups excluding carboxylic acids is 2. The first-order chi connectivity index (χ1) is 10.7. The van der Waals surface area contributed by atoms with Gasteiger partial charge in [-0.25, -0.2) is 0 Å². The maximum Gasteiger partial charge on any atom is 0.247 e. The number of nitrogens with zero attached hydrogens (tertiary/aromatic N) is 4. The molecule has 25 heavy (non-hydrogen) atoms. The van der Waals surface area contributed by atoms with Crippen LogP contribution in [0.15, 0.2) is 18.5 Å². The van der Waals surface area contributed by atoms with Crippen molar-refractivity contribution in [1.82, 2.24) is 19.6 Å². The lowest BCUT2D eigenvalue weighted by atomic mass is 10.0. The predicted molar refractivity (Wildman–Crippen MR) is 104 cm³/mol. The van der Waals surface area contributed by atoms with Gasteiger partial charge in [0.25, 0.3) is 0 Å². The van der Waals surface area contributed by atoms with Crippen LogP contribution in [0.5, 0.6) is 0 Å². The first kappa shape index (κ1) is 25.9. The number of rotatable bonds is 8. The number of hydrogen-bond acceptors (Lipinski definition) is 4. The van der Waals surface area contributed by atoms with Crippen LogP contribution in [0.2, 0.25) is 0 Å². The number of aromatic nitrogens is 2. The Kier molecular flexibility index (Phi) is 12.6. The normalized spacial score (nSPS) is 12.6. The van der Waals surface area contributed by atoms with Crippen molar-refractivity contribution in [2.75, 3.05) is 27.2 Å². The number of nitrogens with two attached hydrogens (primary N) is 1. The molecule has 0 aliphatic carbocycles. The summed E-state index contributed by atoms with van der Waals surface area (Å²) in [6.07, 6.45) is 4.11.